The van der Waals surface area contributed by atoms with Crippen LogP contribution in [0.25, 0.3) is 0 Å². The Morgan fingerprint density at radius 1 is 1.26 bits per heavy atom. The van der Waals surface area contributed by atoms with Gasteiger partial charge in [-0.2, -0.15) is 0 Å². The Bertz CT molecular complexity index is 429. The number of hydrogen-bond acceptors (Lipinski definition) is 2. The molecular formula is C14H20N2O3. The monoisotopic (exact) mass is 264 g/mol. The van der Waals surface area contributed by atoms with Crippen molar-refractivity contribution < 1.29 is 14.7 Å². The van der Waals surface area contributed by atoms with Crippen molar-refractivity contribution in [2.75, 3.05) is 18.9 Å². The molecule has 0 atom stereocenters. The number of urea groups is 1. The zero-order chi connectivity index (χ0) is 14.3. The largest absolute Gasteiger partial charge is 0.481 e. The third kappa shape index (κ3) is 5.42. The average molecular weight is 264 g/mol. The number of unbranched alkanes of at least 4 members (excludes halogenated alkanes) is 1. The third-order valence-electron chi connectivity index (χ3n) is 2.75. The number of hydrogen-bond donors (Lipinski definition) is 2. The zero-order valence-electron chi connectivity index (χ0n) is 11.3. The van der Waals surface area contributed by atoms with Gasteiger partial charge in [-0.15, -0.1) is 0 Å². The maximum Gasteiger partial charge on any atom is 0.321 e. The van der Waals surface area contributed by atoms with Crippen molar-refractivity contribution in [2.24, 2.45) is 0 Å². The minimum atomic E-state index is -0.865. The quantitative estimate of drug-likeness (QED) is 0.829. The number of nitrogens with one attached hydrogen (secondary N) is 1. The lowest BCUT2D eigenvalue weighted by molar-refractivity contribution is -0.136. The van der Waals surface area contributed by atoms with E-state index in [1.165, 1.54) is 0 Å². The fourth-order valence-electron chi connectivity index (χ4n) is 1.60. The van der Waals surface area contributed by atoms with Crippen LogP contribution >= 0.6 is 0 Å². The molecule has 1 aromatic carbocycles. The standard InChI is InChI=1S/C14H20N2O3/c1-3-4-9-16(2)14(19)15-12-7-5-11(6-8-12)10-13(17)18/h5-8H,3-4,9-10H2,1-2H3,(H,15,19)(H,17,18). The maximum atomic E-state index is 11.8. The second kappa shape index (κ2) is 7.41. The zero-order valence-corrected chi connectivity index (χ0v) is 11.3. The predicted octanol–water partition coefficient (Wildman–Crippen LogP) is 2.58. The molecule has 0 fully saturated rings. The molecule has 0 bridgehead atoms. The van der Waals surface area contributed by atoms with Crippen LogP contribution in [-0.2, 0) is 11.2 Å². The van der Waals surface area contributed by atoms with E-state index in [2.05, 4.69) is 12.2 Å². The Kier molecular flexibility index (Phi) is 5.85. The summed E-state index contributed by atoms with van der Waals surface area (Å²) in [6.45, 7) is 2.80. The van der Waals surface area contributed by atoms with Crippen molar-refractivity contribution in [3.05, 3.63) is 29.8 Å². The molecule has 0 aromatic heterocycles. The Labute approximate surface area is 113 Å². The van der Waals surface area contributed by atoms with Crippen molar-refractivity contribution in [1.29, 1.82) is 0 Å². The molecule has 2 amide bonds. The Morgan fingerprint density at radius 3 is 2.42 bits per heavy atom. The van der Waals surface area contributed by atoms with Crippen LogP contribution in [0.1, 0.15) is 25.3 Å². The van der Waals surface area contributed by atoms with Crippen molar-refractivity contribution in [3.8, 4) is 0 Å². The van der Waals surface area contributed by atoms with Crippen LogP contribution in [0.4, 0.5) is 10.5 Å². The number of carboxylic acid groups (broad SMARTS) is 1. The van der Waals surface area contributed by atoms with E-state index in [9.17, 15) is 9.59 Å². The van der Waals surface area contributed by atoms with E-state index >= 15 is 0 Å². The van der Waals surface area contributed by atoms with E-state index in [-0.39, 0.29) is 12.5 Å². The lowest BCUT2D eigenvalue weighted by atomic mass is 10.1. The summed E-state index contributed by atoms with van der Waals surface area (Å²) in [7, 11) is 1.75. The van der Waals surface area contributed by atoms with Crippen LogP contribution in [0.5, 0.6) is 0 Å². The van der Waals surface area contributed by atoms with Gasteiger partial charge in [0.2, 0.25) is 0 Å². The molecular weight excluding hydrogens is 244 g/mol. The lowest BCUT2D eigenvalue weighted by Crippen LogP contribution is -2.32. The van der Waals surface area contributed by atoms with E-state index in [1.54, 1.807) is 36.2 Å². The van der Waals surface area contributed by atoms with Crippen molar-refractivity contribution in [3.63, 3.8) is 0 Å². The molecule has 5 nitrogen and oxygen atoms in total. The normalized spacial score (nSPS) is 10.0. The van der Waals surface area contributed by atoms with Crippen molar-refractivity contribution >= 4 is 17.7 Å². The fraction of sp³-hybridized carbons (Fsp3) is 0.429. The summed E-state index contributed by atoms with van der Waals surface area (Å²) in [5.74, 6) is -0.865. The molecule has 2 N–H and O–H groups in total. The Balaban J connectivity index is 2.52. The Morgan fingerprint density at radius 2 is 1.89 bits per heavy atom. The number of anilines is 1. The van der Waals surface area contributed by atoms with Crippen LogP contribution in [0.15, 0.2) is 24.3 Å². The van der Waals surface area contributed by atoms with E-state index in [4.69, 9.17) is 5.11 Å². The number of carboxylic acids is 1. The second-order valence-corrected chi connectivity index (χ2v) is 4.47. The summed E-state index contributed by atoms with van der Waals surface area (Å²) in [4.78, 5) is 24.0. The summed E-state index contributed by atoms with van der Waals surface area (Å²) in [5, 5.41) is 11.4. The Hall–Kier alpha value is -2.04. The molecule has 0 heterocycles. The number of carbonyl (C=O) groups excluding carboxylic acids is 1. The summed E-state index contributed by atoms with van der Waals surface area (Å²) in [5.41, 5.74) is 1.38. The van der Waals surface area contributed by atoms with Crippen LogP contribution in [0, 0.1) is 0 Å². The van der Waals surface area contributed by atoms with Gasteiger partial charge in [-0.1, -0.05) is 25.5 Å². The van der Waals surface area contributed by atoms with Crippen molar-refractivity contribution in [1.82, 2.24) is 4.90 Å². The number of aliphatic carboxylic acids is 1. The molecule has 0 aliphatic carbocycles. The number of carbonyl (C=O) groups is 2. The first kappa shape index (κ1) is 15.0. The molecule has 0 saturated heterocycles. The smallest absolute Gasteiger partial charge is 0.321 e. The summed E-state index contributed by atoms with van der Waals surface area (Å²) >= 11 is 0. The van der Waals surface area contributed by atoms with Gasteiger partial charge in [-0.3, -0.25) is 4.79 Å². The number of rotatable bonds is 6. The number of benzene rings is 1. The van der Waals surface area contributed by atoms with Gasteiger partial charge in [-0.25, -0.2) is 4.79 Å². The number of amides is 2. The SMILES string of the molecule is CCCCN(C)C(=O)Nc1ccc(CC(=O)O)cc1. The molecule has 0 spiro atoms. The molecule has 1 aromatic rings. The topological polar surface area (TPSA) is 69.6 Å². The van der Waals surface area contributed by atoms with Crippen molar-refractivity contribution in [2.45, 2.75) is 26.2 Å². The molecule has 0 saturated carbocycles. The molecule has 104 valence electrons. The van der Waals surface area contributed by atoms with Gasteiger partial charge >= 0.3 is 12.0 Å². The molecule has 0 unspecified atom stereocenters. The molecule has 0 aliphatic rings. The third-order valence-corrected chi connectivity index (χ3v) is 2.75. The maximum absolute atomic E-state index is 11.8. The minimum Gasteiger partial charge on any atom is -0.481 e. The first-order valence-corrected chi connectivity index (χ1v) is 6.35. The van der Waals surface area contributed by atoms with Gasteiger partial charge in [0.1, 0.15) is 0 Å². The van der Waals surface area contributed by atoms with E-state index < -0.39 is 5.97 Å². The first-order chi connectivity index (χ1) is 9.02. The highest BCUT2D eigenvalue weighted by molar-refractivity contribution is 5.89. The van der Waals surface area contributed by atoms with E-state index in [0.717, 1.165) is 19.4 Å². The van der Waals surface area contributed by atoms with Gasteiger partial charge in [0.25, 0.3) is 0 Å². The van der Waals surface area contributed by atoms with Crippen LogP contribution in [-0.4, -0.2) is 35.6 Å². The summed E-state index contributed by atoms with van der Waals surface area (Å²) in [6.07, 6.45) is 2.01. The number of nitrogens with zero attached hydrogens (tertiary/aromatic N) is 1. The summed E-state index contributed by atoms with van der Waals surface area (Å²) in [6, 6.07) is 6.68. The highest BCUT2D eigenvalue weighted by Crippen LogP contribution is 2.11. The average Bonchev–Trinajstić information content (AvgIpc) is 2.37. The molecule has 5 heteroatoms. The van der Waals surface area contributed by atoms with Crippen LogP contribution in [0.2, 0.25) is 0 Å². The van der Waals surface area contributed by atoms with E-state index in [0.29, 0.717) is 11.3 Å². The molecule has 19 heavy (non-hydrogen) atoms. The van der Waals surface area contributed by atoms with Crippen LogP contribution < -0.4 is 5.32 Å². The minimum absolute atomic E-state index is 0.00930. The van der Waals surface area contributed by atoms with Crippen LogP contribution in [0.3, 0.4) is 0 Å². The van der Waals surface area contributed by atoms with Gasteiger partial charge in [0.05, 0.1) is 6.42 Å². The highest BCUT2D eigenvalue weighted by Gasteiger charge is 2.08. The fourth-order valence-corrected chi connectivity index (χ4v) is 1.60. The van der Waals surface area contributed by atoms with Gasteiger partial charge in [0.15, 0.2) is 0 Å². The molecule has 0 radical (unpaired) electrons. The highest BCUT2D eigenvalue weighted by atomic mass is 16.4. The molecule has 1 rings (SSSR count). The predicted molar refractivity (Wildman–Crippen MR) is 74.3 cm³/mol. The van der Waals surface area contributed by atoms with Gasteiger partial charge < -0.3 is 15.3 Å². The molecule has 0 aliphatic heterocycles. The van der Waals surface area contributed by atoms with Gasteiger partial charge in [0, 0.05) is 19.3 Å². The first-order valence-electron chi connectivity index (χ1n) is 6.35. The second-order valence-electron chi connectivity index (χ2n) is 4.47. The van der Waals surface area contributed by atoms with E-state index in [1.807, 2.05) is 0 Å². The summed E-state index contributed by atoms with van der Waals surface area (Å²) < 4.78 is 0. The van der Waals surface area contributed by atoms with Gasteiger partial charge in [-0.05, 0) is 24.1 Å². The lowest BCUT2D eigenvalue weighted by Gasteiger charge is -2.17.